The summed E-state index contributed by atoms with van der Waals surface area (Å²) in [5, 5.41) is 0. The van der Waals surface area contributed by atoms with Crippen LogP contribution in [0.15, 0.2) is 40.8 Å². The topological polar surface area (TPSA) is 70.8 Å². The molecule has 0 radical (unpaired) electrons. The predicted octanol–water partition coefficient (Wildman–Crippen LogP) is 2.19. The normalized spacial score (nSPS) is 16.6. The Morgan fingerprint density at radius 3 is 2.56 bits per heavy atom. The third kappa shape index (κ3) is 3.91. The number of hydrogen-bond acceptors (Lipinski definition) is 4. The lowest BCUT2D eigenvalue weighted by atomic mass is 10.1. The Kier molecular flexibility index (Phi) is 4.91. The van der Waals surface area contributed by atoms with Crippen LogP contribution in [0.3, 0.4) is 0 Å². The molecule has 25 heavy (non-hydrogen) atoms. The fraction of sp³-hybridized carbons (Fsp3) is 0.353. The van der Waals surface area contributed by atoms with Gasteiger partial charge < -0.3 is 9.32 Å². The number of carbonyl (C=O) groups excluding carboxylic acids is 1. The van der Waals surface area contributed by atoms with Crippen molar-refractivity contribution in [3.8, 4) is 11.3 Å². The average molecular weight is 366 g/mol. The number of hydrogen-bond donors (Lipinski definition) is 0. The number of nitrogens with zero attached hydrogens (tertiary/aromatic N) is 2. The summed E-state index contributed by atoms with van der Waals surface area (Å²) in [4.78, 5) is 14.2. The third-order valence-corrected chi connectivity index (χ3v) is 5.47. The molecule has 1 aliphatic heterocycles. The number of carbonyl (C=O) groups is 1. The molecule has 6 nitrogen and oxygen atoms in total. The van der Waals surface area contributed by atoms with Gasteiger partial charge in [0.1, 0.15) is 11.6 Å². The fourth-order valence-electron chi connectivity index (χ4n) is 2.84. The number of benzene rings is 1. The second-order valence-corrected chi connectivity index (χ2v) is 7.93. The van der Waals surface area contributed by atoms with Gasteiger partial charge >= 0.3 is 0 Å². The van der Waals surface area contributed by atoms with Crippen molar-refractivity contribution in [1.82, 2.24) is 9.21 Å². The van der Waals surface area contributed by atoms with E-state index < -0.39 is 15.8 Å². The zero-order valence-corrected chi connectivity index (χ0v) is 14.6. The monoisotopic (exact) mass is 366 g/mol. The lowest BCUT2D eigenvalue weighted by Crippen LogP contribution is -2.36. The van der Waals surface area contributed by atoms with Gasteiger partial charge in [-0.05, 0) is 30.7 Å². The van der Waals surface area contributed by atoms with Crippen molar-refractivity contribution in [2.24, 2.45) is 0 Å². The molecule has 0 spiro atoms. The maximum atomic E-state index is 13.8. The van der Waals surface area contributed by atoms with E-state index in [0.29, 0.717) is 31.6 Å². The molecule has 2 heterocycles. The SMILES string of the molecule is CS(=O)(=O)N1CCCN(C(=O)c2ccc(-c3ccccc3F)o2)CC1. The molecule has 1 aromatic heterocycles. The summed E-state index contributed by atoms with van der Waals surface area (Å²) < 4.78 is 44.0. The van der Waals surface area contributed by atoms with Crippen LogP contribution < -0.4 is 0 Å². The van der Waals surface area contributed by atoms with E-state index in [-0.39, 0.29) is 24.0 Å². The van der Waals surface area contributed by atoms with Crippen LogP contribution >= 0.6 is 0 Å². The lowest BCUT2D eigenvalue weighted by Gasteiger charge is -2.19. The molecule has 0 aliphatic carbocycles. The van der Waals surface area contributed by atoms with Crippen LogP contribution in [0.5, 0.6) is 0 Å². The second kappa shape index (κ2) is 6.97. The minimum atomic E-state index is -3.27. The molecular weight excluding hydrogens is 347 g/mol. The molecule has 0 saturated carbocycles. The van der Waals surface area contributed by atoms with Gasteiger partial charge in [0.25, 0.3) is 5.91 Å². The van der Waals surface area contributed by atoms with Gasteiger partial charge in [-0.15, -0.1) is 0 Å². The Hall–Kier alpha value is -2.19. The van der Waals surface area contributed by atoms with Crippen molar-refractivity contribution >= 4 is 15.9 Å². The zero-order chi connectivity index (χ0) is 18.0. The molecular formula is C17H19FN2O4S. The van der Waals surface area contributed by atoms with E-state index in [9.17, 15) is 17.6 Å². The number of sulfonamides is 1. The Morgan fingerprint density at radius 1 is 1.08 bits per heavy atom. The quantitative estimate of drug-likeness (QED) is 0.835. The second-order valence-electron chi connectivity index (χ2n) is 5.95. The van der Waals surface area contributed by atoms with Gasteiger partial charge in [0.05, 0.1) is 11.8 Å². The maximum Gasteiger partial charge on any atom is 0.289 e. The van der Waals surface area contributed by atoms with Crippen molar-refractivity contribution in [3.05, 3.63) is 48.0 Å². The van der Waals surface area contributed by atoms with Gasteiger partial charge in [0.15, 0.2) is 5.76 Å². The van der Waals surface area contributed by atoms with Crippen LogP contribution in [0.25, 0.3) is 11.3 Å². The first-order valence-corrected chi connectivity index (χ1v) is 9.80. The lowest BCUT2D eigenvalue weighted by molar-refractivity contribution is 0.0733. The van der Waals surface area contributed by atoms with E-state index in [1.54, 1.807) is 29.2 Å². The van der Waals surface area contributed by atoms with Gasteiger partial charge in [-0.2, -0.15) is 0 Å². The molecule has 134 valence electrons. The Morgan fingerprint density at radius 2 is 1.84 bits per heavy atom. The van der Waals surface area contributed by atoms with Crippen LogP contribution in [0, 0.1) is 5.82 Å². The highest BCUT2D eigenvalue weighted by Gasteiger charge is 2.26. The minimum absolute atomic E-state index is 0.117. The van der Waals surface area contributed by atoms with E-state index in [1.165, 1.54) is 16.4 Å². The van der Waals surface area contributed by atoms with Crippen molar-refractivity contribution in [3.63, 3.8) is 0 Å². The summed E-state index contributed by atoms with van der Waals surface area (Å²) in [7, 11) is -3.27. The van der Waals surface area contributed by atoms with Crippen LogP contribution in [-0.2, 0) is 10.0 Å². The van der Waals surface area contributed by atoms with Crippen LogP contribution in [0.2, 0.25) is 0 Å². The smallest absolute Gasteiger partial charge is 0.289 e. The molecule has 2 aromatic rings. The van der Waals surface area contributed by atoms with E-state index >= 15 is 0 Å². The number of halogens is 1. The standard InChI is InChI=1S/C17H19FN2O4S/c1-25(22,23)20-10-4-9-19(11-12-20)17(21)16-8-7-15(24-16)13-5-2-3-6-14(13)18/h2-3,5-8H,4,9-12H2,1H3. The highest BCUT2D eigenvalue weighted by Crippen LogP contribution is 2.25. The van der Waals surface area contributed by atoms with Crippen LogP contribution in [0.1, 0.15) is 17.0 Å². The summed E-state index contributed by atoms with van der Waals surface area (Å²) in [6.45, 7) is 1.38. The van der Waals surface area contributed by atoms with Gasteiger partial charge in [-0.25, -0.2) is 17.1 Å². The molecule has 1 aliphatic rings. The van der Waals surface area contributed by atoms with E-state index in [4.69, 9.17) is 4.42 Å². The van der Waals surface area contributed by atoms with Gasteiger partial charge in [-0.1, -0.05) is 12.1 Å². The van der Waals surface area contributed by atoms with E-state index in [1.807, 2.05) is 0 Å². The first-order valence-electron chi connectivity index (χ1n) is 7.95. The fourth-order valence-corrected chi connectivity index (χ4v) is 3.72. The molecule has 1 aromatic carbocycles. The molecule has 3 rings (SSSR count). The van der Waals surface area contributed by atoms with Crippen molar-refractivity contribution in [1.29, 1.82) is 0 Å². The molecule has 1 saturated heterocycles. The number of amides is 1. The highest BCUT2D eigenvalue weighted by molar-refractivity contribution is 7.88. The summed E-state index contributed by atoms with van der Waals surface area (Å²) in [5.74, 6) is -0.340. The molecule has 1 amide bonds. The maximum absolute atomic E-state index is 13.8. The zero-order valence-electron chi connectivity index (χ0n) is 13.8. The van der Waals surface area contributed by atoms with E-state index in [0.717, 1.165) is 6.26 Å². The highest BCUT2D eigenvalue weighted by atomic mass is 32.2. The minimum Gasteiger partial charge on any atom is -0.451 e. The molecule has 1 fully saturated rings. The summed E-state index contributed by atoms with van der Waals surface area (Å²) >= 11 is 0. The predicted molar refractivity (Wildman–Crippen MR) is 91.0 cm³/mol. The molecule has 0 unspecified atom stereocenters. The molecule has 0 N–H and O–H groups in total. The van der Waals surface area contributed by atoms with E-state index in [2.05, 4.69) is 0 Å². The summed E-state index contributed by atoms with van der Waals surface area (Å²) in [5.41, 5.74) is 0.292. The average Bonchev–Trinajstić information content (AvgIpc) is 2.90. The first-order chi connectivity index (χ1) is 11.9. The summed E-state index contributed by atoms with van der Waals surface area (Å²) in [6.07, 6.45) is 1.72. The summed E-state index contributed by atoms with van der Waals surface area (Å²) in [6, 6.07) is 9.26. The van der Waals surface area contributed by atoms with Crippen molar-refractivity contribution in [2.75, 3.05) is 32.4 Å². The van der Waals surface area contributed by atoms with Gasteiger partial charge in [0, 0.05) is 26.2 Å². The van der Waals surface area contributed by atoms with Crippen LogP contribution in [0.4, 0.5) is 4.39 Å². The van der Waals surface area contributed by atoms with Gasteiger partial charge in [-0.3, -0.25) is 4.79 Å². The Labute approximate surface area is 145 Å². The largest absolute Gasteiger partial charge is 0.451 e. The molecule has 0 atom stereocenters. The first kappa shape index (κ1) is 17.6. The van der Waals surface area contributed by atoms with Crippen molar-refractivity contribution < 1.29 is 22.0 Å². The molecule has 8 heteroatoms. The van der Waals surface area contributed by atoms with Crippen LogP contribution in [-0.4, -0.2) is 56.0 Å². The Bertz CT molecular complexity index is 878. The molecule has 0 bridgehead atoms. The third-order valence-electron chi connectivity index (χ3n) is 4.17. The number of furan rings is 1. The van der Waals surface area contributed by atoms with Gasteiger partial charge in [0.2, 0.25) is 10.0 Å². The van der Waals surface area contributed by atoms with Crippen molar-refractivity contribution in [2.45, 2.75) is 6.42 Å². The number of rotatable bonds is 3. The Balaban J connectivity index is 1.75.